The van der Waals surface area contributed by atoms with E-state index in [0.717, 1.165) is 44.5 Å². The van der Waals surface area contributed by atoms with E-state index in [0.29, 0.717) is 0 Å². The topological polar surface area (TPSA) is 9.23 Å². The number of unbranched alkanes of at least 4 members (excludes halogenated alkanes) is 1. The van der Waals surface area contributed by atoms with Crippen LogP contribution >= 0.6 is 0 Å². The number of hydrogen-bond acceptors (Lipinski definition) is 1. The van der Waals surface area contributed by atoms with E-state index in [2.05, 4.69) is 50.8 Å². The fourth-order valence-electron chi connectivity index (χ4n) is 1.76. The molecule has 0 amide bonds. The van der Waals surface area contributed by atoms with E-state index in [4.69, 9.17) is 4.74 Å². The van der Waals surface area contributed by atoms with Crippen LogP contribution < -0.4 is 4.74 Å². The lowest BCUT2D eigenvalue weighted by Crippen LogP contribution is -1.96. The minimum absolute atomic E-state index is 0.793. The van der Waals surface area contributed by atoms with E-state index < -0.39 is 0 Å². The van der Waals surface area contributed by atoms with Crippen LogP contribution in [0.4, 0.5) is 0 Å². The first kappa shape index (κ1) is 14.6. The molecule has 0 aliphatic heterocycles. The van der Waals surface area contributed by atoms with Gasteiger partial charge in [-0.25, -0.2) is 0 Å². The Hall–Kier alpha value is -1.42. The zero-order valence-corrected chi connectivity index (χ0v) is 11.9. The van der Waals surface area contributed by atoms with E-state index in [-0.39, 0.29) is 0 Å². The highest BCUT2D eigenvalue weighted by Gasteiger charge is 2.00. The molecule has 0 N–H and O–H groups in total. The van der Waals surface area contributed by atoms with Gasteiger partial charge < -0.3 is 4.74 Å². The molecule has 0 saturated carbocycles. The highest BCUT2D eigenvalue weighted by molar-refractivity contribution is 5.35. The minimum Gasteiger partial charge on any atom is -0.494 e. The molecule has 0 unspecified atom stereocenters. The summed E-state index contributed by atoms with van der Waals surface area (Å²) in [6.07, 6.45) is 5.21. The lowest BCUT2D eigenvalue weighted by Gasteiger charge is -2.08. The summed E-state index contributed by atoms with van der Waals surface area (Å²) in [5, 5.41) is 0. The molecule has 1 aromatic carbocycles. The molecule has 0 aliphatic carbocycles. The summed E-state index contributed by atoms with van der Waals surface area (Å²) < 4.78 is 5.62. The second-order valence-corrected chi connectivity index (χ2v) is 4.54. The van der Waals surface area contributed by atoms with Crippen LogP contribution in [0.2, 0.25) is 0 Å². The summed E-state index contributed by atoms with van der Waals surface area (Å²) in [6, 6.07) is 6.36. The summed E-state index contributed by atoms with van der Waals surface area (Å²) in [6.45, 7) is 7.22. The Balaban J connectivity index is 2.50. The Kier molecular flexibility index (Phi) is 7.03. The standard InChI is InChI=1S/C17H24O/c1-4-6-7-8-9-10-16-11-12-17(14-15(16)3)18-13-5-2/h11-12,14H,4-6,9-10,13H2,1-3H3. The molecule has 1 nitrogen and oxygen atoms in total. The highest BCUT2D eigenvalue weighted by atomic mass is 16.5. The van der Waals surface area contributed by atoms with Gasteiger partial charge in [-0.15, -0.1) is 11.8 Å². The monoisotopic (exact) mass is 244 g/mol. The number of rotatable bonds is 6. The maximum atomic E-state index is 5.62. The molecular weight excluding hydrogens is 220 g/mol. The molecular formula is C17H24O. The van der Waals surface area contributed by atoms with Gasteiger partial charge in [-0.3, -0.25) is 0 Å². The summed E-state index contributed by atoms with van der Waals surface area (Å²) in [5.41, 5.74) is 2.69. The van der Waals surface area contributed by atoms with Gasteiger partial charge in [0.05, 0.1) is 6.61 Å². The van der Waals surface area contributed by atoms with E-state index in [1.54, 1.807) is 0 Å². The van der Waals surface area contributed by atoms with Crippen molar-refractivity contribution in [2.24, 2.45) is 0 Å². The number of hydrogen-bond donors (Lipinski definition) is 0. The van der Waals surface area contributed by atoms with Gasteiger partial charge in [0.15, 0.2) is 0 Å². The van der Waals surface area contributed by atoms with Crippen molar-refractivity contribution < 1.29 is 4.74 Å². The average Bonchev–Trinajstić information content (AvgIpc) is 2.38. The third-order valence-electron chi connectivity index (χ3n) is 2.81. The van der Waals surface area contributed by atoms with Crippen molar-refractivity contribution in [2.45, 2.75) is 52.9 Å². The molecule has 0 spiro atoms. The van der Waals surface area contributed by atoms with Gasteiger partial charge in [-0.05, 0) is 49.4 Å². The van der Waals surface area contributed by atoms with Gasteiger partial charge in [0.25, 0.3) is 0 Å². The van der Waals surface area contributed by atoms with Crippen LogP contribution in [0, 0.1) is 18.8 Å². The van der Waals surface area contributed by atoms with E-state index >= 15 is 0 Å². The van der Waals surface area contributed by atoms with Crippen LogP contribution in [-0.2, 0) is 6.42 Å². The van der Waals surface area contributed by atoms with Crippen LogP contribution in [-0.4, -0.2) is 6.61 Å². The summed E-state index contributed by atoms with van der Waals surface area (Å²) in [5.74, 6) is 7.40. The molecule has 0 aliphatic rings. The van der Waals surface area contributed by atoms with Crippen molar-refractivity contribution in [2.75, 3.05) is 6.61 Å². The van der Waals surface area contributed by atoms with Gasteiger partial charge in [-0.1, -0.05) is 19.9 Å². The van der Waals surface area contributed by atoms with Gasteiger partial charge in [0.2, 0.25) is 0 Å². The fourth-order valence-corrected chi connectivity index (χ4v) is 1.76. The predicted octanol–water partition coefficient (Wildman–Crippen LogP) is 4.52. The van der Waals surface area contributed by atoms with E-state index in [1.807, 2.05) is 0 Å². The molecule has 0 aromatic heterocycles. The van der Waals surface area contributed by atoms with Gasteiger partial charge in [-0.2, -0.15) is 0 Å². The Labute approximate surface area is 112 Å². The van der Waals surface area contributed by atoms with E-state index in [1.165, 1.54) is 11.1 Å². The maximum Gasteiger partial charge on any atom is 0.119 e. The second kappa shape index (κ2) is 8.64. The minimum atomic E-state index is 0.793. The van der Waals surface area contributed by atoms with Crippen LogP contribution in [0.1, 0.15) is 50.7 Å². The molecule has 0 fully saturated rings. The molecule has 0 heterocycles. The predicted molar refractivity (Wildman–Crippen MR) is 78.0 cm³/mol. The summed E-state index contributed by atoms with van der Waals surface area (Å²) >= 11 is 0. The van der Waals surface area contributed by atoms with Crippen molar-refractivity contribution in [3.8, 4) is 17.6 Å². The third kappa shape index (κ3) is 5.27. The van der Waals surface area contributed by atoms with Crippen molar-refractivity contribution in [1.82, 2.24) is 0 Å². The first-order chi connectivity index (χ1) is 8.77. The SMILES string of the molecule is CCCC#CCCc1ccc(OCCC)cc1C. The van der Waals surface area contributed by atoms with Gasteiger partial charge in [0.1, 0.15) is 5.75 Å². The van der Waals surface area contributed by atoms with Crippen LogP contribution in [0.3, 0.4) is 0 Å². The molecule has 0 radical (unpaired) electrons. The second-order valence-electron chi connectivity index (χ2n) is 4.54. The first-order valence-electron chi connectivity index (χ1n) is 6.96. The molecule has 18 heavy (non-hydrogen) atoms. The summed E-state index contributed by atoms with van der Waals surface area (Å²) in [4.78, 5) is 0. The third-order valence-corrected chi connectivity index (χ3v) is 2.81. The molecule has 1 heteroatoms. The Bertz CT molecular complexity index is 409. The normalized spacial score (nSPS) is 9.72. The van der Waals surface area contributed by atoms with Gasteiger partial charge >= 0.3 is 0 Å². The Morgan fingerprint density at radius 2 is 1.83 bits per heavy atom. The van der Waals surface area contributed by atoms with Crippen molar-refractivity contribution in [1.29, 1.82) is 0 Å². The molecule has 0 saturated heterocycles. The lowest BCUT2D eigenvalue weighted by atomic mass is 10.0. The van der Waals surface area contributed by atoms with Crippen molar-refractivity contribution in [3.63, 3.8) is 0 Å². The number of aryl methyl sites for hydroxylation is 2. The quantitative estimate of drug-likeness (QED) is 0.668. The number of ether oxygens (including phenoxy) is 1. The van der Waals surface area contributed by atoms with Crippen LogP contribution in [0.15, 0.2) is 18.2 Å². The van der Waals surface area contributed by atoms with E-state index in [9.17, 15) is 0 Å². The van der Waals surface area contributed by atoms with Crippen LogP contribution in [0.5, 0.6) is 5.75 Å². The van der Waals surface area contributed by atoms with Crippen LogP contribution in [0.25, 0.3) is 0 Å². The zero-order chi connectivity index (χ0) is 13.2. The maximum absolute atomic E-state index is 5.62. The molecule has 1 aromatic rings. The molecule has 0 bridgehead atoms. The zero-order valence-electron chi connectivity index (χ0n) is 11.9. The van der Waals surface area contributed by atoms with Crippen molar-refractivity contribution >= 4 is 0 Å². The molecule has 0 atom stereocenters. The smallest absolute Gasteiger partial charge is 0.119 e. The first-order valence-corrected chi connectivity index (χ1v) is 6.96. The molecule has 1 rings (SSSR count). The average molecular weight is 244 g/mol. The van der Waals surface area contributed by atoms with Gasteiger partial charge in [0, 0.05) is 12.8 Å². The highest BCUT2D eigenvalue weighted by Crippen LogP contribution is 2.18. The fraction of sp³-hybridized carbons (Fsp3) is 0.529. The molecule has 98 valence electrons. The lowest BCUT2D eigenvalue weighted by molar-refractivity contribution is 0.317. The number of benzene rings is 1. The Morgan fingerprint density at radius 1 is 1.06 bits per heavy atom. The Morgan fingerprint density at radius 3 is 2.50 bits per heavy atom. The largest absolute Gasteiger partial charge is 0.494 e. The summed E-state index contributed by atoms with van der Waals surface area (Å²) in [7, 11) is 0. The van der Waals surface area contributed by atoms with Crippen molar-refractivity contribution in [3.05, 3.63) is 29.3 Å².